The molecule has 0 N–H and O–H groups in total. The SMILES string of the molecule is CN(CC#N)C(=O)c1cnn2c3c(cnc12)CCCCCC3. The van der Waals surface area contributed by atoms with Crippen molar-refractivity contribution in [2.24, 2.45) is 0 Å². The Morgan fingerprint density at radius 1 is 1.32 bits per heavy atom. The second-order valence-electron chi connectivity index (χ2n) is 5.76. The third-order valence-electron chi connectivity index (χ3n) is 4.21. The lowest BCUT2D eigenvalue weighted by Gasteiger charge is -2.15. The topological polar surface area (TPSA) is 74.3 Å². The van der Waals surface area contributed by atoms with Gasteiger partial charge >= 0.3 is 0 Å². The van der Waals surface area contributed by atoms with Crippen molar-refractivity contribution in [3.05, 3.63) is 29.2 Å². The summed E-state index contributed by atoms with van der Waals surface area (Å²) in [6.07, 6.45) is 10.3. The third kappa shape index (κ3) is 2.54. The van der Waals surface area contributed by atoms with Crippen molar-refractivity contribution in [2.75, 3.05) is 13.6 Å². The fourth-order valence-electron chi connectivity index (χ4n) is 2.98. The van der Waals surface area contributed by atoms with E-state index < -0.39 is 0 Å². The quantitative estimate of drug-likeness (QED) is 0.794. The largest absolute Gasteiger partial charge is 0.328 e. The van der Waals surface area contributed by atoms with Crippen LogP contribution in [0.25, 0.3) is 5.65 Å². The van der Waals surface area contributed by atoms with Crippen LogP contribution in [0, 0.1) is 11.3 Å². The van der Waals surface area contributed by atoms with Crippen molar-refractivity contribution in [1.29, 1.82) is 5.26 Å². The first-order chi connectivity index (χ1) is 10.7. The molecule has 0 aliphatic heterocycles. The van der Waals surface area contributed by atoms with Gasteiger partial charge in [-0.05, 0) is 31.2 Å². The van der Waals surface area contributed by atoms with Gasteiger partial charge in [0.15, 0.2) is 5.65 Å². The van der Waals surface area contributed by atoms with Gasteiger partial charge in [0.25, 0.3) is 5.91 Å². The molecule has 0 atom stereocenters. The van der Waals surface area contributed by atoms with E-state index in [2.05, 4.69) is 10.1 Å². The van der Waals surface area contributed by atoms with Crippen molar-refractivity contribution >= 4 is 11.6 Å². The second-order valence-corrected chi connectivity index (χ2v) is 5.76. The summed E-state index contributed by atoms with van der Waals surface area (Å²) in [5.74, 6) is -0.213. The van der Waals surface area contributed by atoms with Gasteiger partial charge < -0.3 is 4.90 Å². The van der Waals surface area contributed by atoms with Crippen LogP contribution < -0.4 is 0 Å². The van der Waals surface area contributed by atoms with Crippen LogP contribution in [-0.4, -0.2) is 39.0 Å². The van der Waals surface area contributed by atoms with Gasteiger partial charge in [-0.1, -0.05) is 12.8 Å². The predicted molar refractivity (Wildman–Crippen MR) is 81.4 cm³/mol. The molecule has 0 radical (unpaired) electrons. The lowest BCUT2D eigenvalue weighted by molar-refractivity contribution is 0.0813. The Morgan fingerprint density at radius 3 is 2.86 bits per heavy atom. The molecule has 2 aromatic heterocycles. The zero-order valence-corrected chi connectivity index (χ0v) is 12.7. The van der Waals surface area contributed by atoms with Gasteiger partial charge in [0.05, 0.1) is 12.3 Å². The summed E-state index contributed by atoms with van der Waals surface area (Å²) in [5, 5.41) is 13.1. The molecule has 0 fully saturated rings. The van der Waals surface area contributed by atoms with E-state index in [0.717, 1.165) is 19.3 Å². The summed E-state index contributed by atoms with van der Waals surface area (Å²) in [7, 11) is 1.61. The van der Waals surface area contributed by atoms with Crippen LogP contribution in [0.1, 0.15) is 47.3 Å². The van der Waals surface area contributed by atoms with E-state index in [4.69, 9.17) is 5.26 Å². The summed E-state index contributed by atoms with van der Waals surface area (Å²) in [6, 6.07) is 1.98. The molecule has 1 amide bonds. The number of fused-ring (bicyclic) bond motifs is 3. The van der Waals surface area contributed by atoms with Crippen LogP contribution in [0.5, 0.6) is 0 Å². The van der Waals surface area contributed by atoms with Crippen molar-refractivity contribution in [1.82, 2.24) is 19.5 Å². The number of aryl methyl sites for hydroxylation is 2. The smallest absolute Gasteiger partial charge is 0.259 e. The molecular formula is C16H19N5O. The first-order valence-electron chi connectivity index (χ1n) is 7.69. The van der Waals surface area contributed by atoms with Gasteiger partial charge in [-0.25, -0.2) is 9.50 Å². The van der Waals surface area contributed by atoms with E-state index >= 15 is 0 Å². The van der Waals surface area contributed by atoms with Gasteiger partial charge in [0.2, 0.25) is 0 Å². The molecule has 1 aliphatic rings. The number of nitrogens with zero attached hydrogens (tertiary/aromatic N) is 5. The fraction of sp³-hybridized carbons (Fsp3) is 0.500. The van der Waals surface area contributed by atoms with E-state index in [1.165, 1.54) is 35.4 Å². The van der Waals surface area contributed by atoms with E-state index in [-0.39, 0.29) is 12.5 Å². The Bertz CT molecular complexity index is 743. The molecule has 0 aromatic carbocycles. The minimum Gasteiger partial charge on any atom is -0.328 e. The van der Waals surface area contributed by atoms with Crippen molar-refractivity contribution in [3.8, 4) is 6.07 Å². The van der Waals surface area contributed by atoms with Crippen molar-refractivity contribution < 1.29 is 4.79 Å². The summed E-state index contributed by atoms with van der Waals surface area (Å²) in [4.78, 5) is 18.2. The highest BCUT2D eigenvalue weighted by molar-refractivity contribution is 5.99. The normalized spacial score (nSPS) is 14.7. The van der Waals surface area contributed by atoms with Gasteiger partial charge in [0.1, 0.15) is 12.1 Å². The fourth-order valence-corrected chi connectivity index (χ4v) is 2.98. The van der Waals surface area contributed by atoms with Crippen LogP contribution in [0.2, 0.25) is 0 Å². The molecule has 3 rings (SSSR count). The third-order valence-corrected chi connectivity index (χ3v) is 4.21. The number of hydrogen-bond donors (Lipinski definition) is 0. The lowest BCUT2D eigenvalue weighted by Crippen LogP contribution is -2.27. The molecule has 0 unspecified atom stereocenters. The van der Waals surface area contributed by atoms with E-state index in [0.29, 0.717) is 11.2 Å². The molecule has 0 saturated heterocycles. The summed E-state index contributed by atoms with van der Waals surface area (Å²) in [6.45, 7) is 0.0567. The summed E-state index contributed by atoms with van der Waals surface area (Å²) < 4.78 is 1.81. The standard InChI is InChI=1S/C16H19N5O/c1-20(9-8-17)16(22)13-11-19-21-14-7-5-3-2-4-6-12(14)10-18-15(13)21/h10-11H,2-7,9H2,1H3. The number of amides is 1. The highest BCUT2D eigenvalue weighted by atomic mass is 16.2. The number of carbonyl (C=O) groups excluding carboxylic acids is 1. The van der Waals surface area contributed by atoms with Crippen LogP contribution in [0.4, 0.5) is 0 Å². The molecule has 1 aliphatic carbocycles. The van der Waals surface area contributed by atoms with Crippen LogP contribution in [0.3, 0.4) is 0 Å². The maximum absolute atomic E-state index is 12.4. The molecule has 6 nitrogen and oxygen atoms in total. The molecule has 0 bridgehead atoms. The van der Waals surface area contributed by atoms with Crippen molar-refractivity contribution in [2.45, 2.75) is 38.5 Å². The van der Waals surface area contributed by atoms with Gasteiger partial charge in [0, 0.05) is 18.9 Å². The van der Waals surface area contributed by atoms with E-state index in [1.54, 1.807) is 13.2 Å². The Morgan fingerprint density at radius 2 is 2.09 bits per heavy atom. The molecule has 2 aromatic rings. The summed E-state index contributed by atoms with van der Waals surface area (Å²) in [5.41, 5.74) is 3.46. The zero-order valence-electron chi connectivity index (χ0n) is 12.7. The number of hydrogen-bond acceptors (Lipinski definition) is 4. The van der Waals surface area contributed by atoms with Crippen LogP contribution >= 0.6 is 0 Å². The minimum atomic E-state index is -0.213. The van der Waals surface area contributed by atoms with Crippen molar-refractivity contribution in [3.63, 3.8) is 0 Å². The molecule has 0 spiro atoms. The maximum Gasteiger partial charge on any atom is 0.259 e. The molecule has 114 valence electrons. The Kier molecular flexibility index (Phi) is 4.05. The average Bonchev–Trinajstić information content (AvgIpc) is 2.91. The zero-order chi connectivity index (χ0) is 15.5. The Labute approximate surface area is 129 Å². The van der Waals surface area contributed by atoms with Gasteiger partial charge in [-0.2, -0.15) is 10.4 Å². The molecule has 0 saturated carbocycles. The predicted octanol–water partition coefficient (Wildman–Crippen LogP) is 1.98. The molecular weight excluding hydrogens is 278 g/mol. The Hall–Kier alpha value is -2.42. The number of nitriles is 1. The lowest BCUT2D eigenvalue weighted by atomic mass is 9.98. The first-order valence-corrected chi connectivity index (χ1v) is 7.69. The van der Waals surface area contributed by atoms with Crippen LogP contribution in [-0.2, 0) is 12.8 Å². The Balaban J connectivity index is 2.04. The van der Waals surface area contributed by atoms with Gasteiger partial charge in [-0.15, -0.1) is 0 Å². The number of aromatic nitrogens is 3. The highest BCUT2D eigenvalue weighted by Crippen LogP contribution is 2.22. The number of rotatable bonds is 2. The average molecular weight is 297 g/mol. The number of carbonyl (C=O) groups is 1. The molecule has 22 heavy (non-hydrogen) atoms. The minimum absolute atomic E-state index is 0.0567. The molecule has 2 heterocycles. The highest BCUT2D eigenvalue weighted by Gasteiger charge is 2.20. The second kappa shape index (κ2) is 6.14. The van der Waals surface area contributed by atoms with Crippen LogP contribution in [0.15, 0.2) is 12.4 Å². The van der Waals surface area contributed by atoms with E-state index in [9.17, 15) is 4.79 Å². The monoisotopic (exact) mass is 297 g/mol. The molecule has 6 heteroatoms. The first kappa shape index (κ1) is 14.5. The van der Waals surface area contributed by atoms with E-state index in [1.807, 2.05) is 16.8 Å². The van der Waals surface area contributed by atoms with Gasteiger partial charge in [-0.3, -0.25) is 4.79 Å². The maximum atomic E-state index is 12.4. The summed E-state index contributed by atoms with van der Waals surface area (Å²) >= 11 is 0.